The summed E-state index contributed by atoms with van der Waals surface area (Å²) in [4.78, 5) is 19.7. The van der Waals surface area contributed by atoms with Gasteiger partial charge in [0.25, 0.3) is 6.08 Å². The minimum absolute atomic E-state index is 0.00137. The fraction of sp³-hybridized carbons (Fsp3) is 0.500. The summed E-state index contributed by atoms with van der Waals surface area (Å²) in [7, 11) is -1.87. The molecule has 0 amide bonds. The monoisotopic (exact) mass is 701 g/mol. The summed E-state index contributed by atoms with van der Waals surface area (Å²) in [6, 6.07) is 8.92. The molecule has 0 radical (unpaired) electrons. The van der Waals surface area contributed by atoms with Crippen LogP contribution in [0.25, 0.3) is 22.0 Å². The number of carbonyl (C=O) groups is 1. The molecular weight excluding hydrogens is 660 g/mol. The van der Waals surface area contributed by atoms with Gasteiger partial charge >= 0.3 is 5.97 Å². The zero-order valence-electron chi connectivity index (χ0n) is 27.8. The number of anilines is 1. The van der Waals surface area contributed by atoms with Crippen LogP contribution in [0.4, 0.5) is 10.1 Å². The number of aromatic nitrogens is 4. The Morgan fingerprint density at radius 1 is 1.19 bits per heavy atom. The van der Waals surface area contributed by atoms with Crippen LogP contribution >= 0.6 is 23.2 Å². The average molecular weight is 703 g/mol. The second-order valence-electron chi connectivity index (χ2n) is 13.8. The smallest absolute Gasteiger partial charge is 0.337 e. The van der Waals surface area contributed by atoms with E-state index >= 15 is 0 Å². The van der Waals surface area contributed by atoms with E-state index in [2.05, 4.69) is 55.9 Å². The van der Waals surface area contributed by atoms with Gasteiger partial charge in [-0.2, -0.15) is 9.49 Å². The molecule has 6 rings (SSSR count). The summed E-state index contributed by atoms with van der Waals surface area (Å²) >= 11 is 13.8. The largest absolute Gasteiger partial charge is 0.464 e. The molecule has 4 aromatic rings. The second-order valence-corrected chi connectivity index (χ2v) is 19.4. The third-order valence-electron chi connectivity index (χ3n) is 9.71. The second kappa shape index (κ2) is 13.2. The van der Waals surface area contributed by atoms with E-state index < -0.39 is 26.4 Å². The lowest BCUT2D eigenvalue weighted by molar-refractivity contribution is -0.146. The number of benzene rings is 2. The number of fused-ring (bicyclic) bond motifs is 2. The van der Waals surface area contributed by atoms with E-state index in [4.69, 9.17) is 42.2 Å². The van der Waals surface area contributed by atoms with Gasteiger partial charge in [0.15, 0.2) is 14.4 Å². The summed E-state index contributed by atoms with van der Waals surface area (Å²) < 4.78 is 35.5. The van der Waals surface area contributed by atoms with Crippen molar-refractivity contribution in [1.29, 1.82) is 0 Å². The van der Waals surface area contributed by atoms with Crippen LogP contribution in [-0.4, -0.2) is 72.6 Å². The SMILES string of the molecule is CCOC(=O)C(c1nc(F)n2c1CCC2)n1cc2c(Cl)cc(-c3ccc(N4CCOC(CO[Si](C)(C)C(C)(C)C)C4)cc3)c(Cl)c2n1. The first-order valence-corrected chi connectivity index (χ1v) is 19.8. The van der Waals surface area contributed by atoms with Crippen molar-refractivity contribution in [3.8, 4) is 11.1 Å². The number of hydrogen-bond donors (Lipinski definition) is 0. The Morgan fingerprint density at radius 2 is 1.94 bits per heavy atom. The van der Waals surface area contributed by atoms with Crippen molar-refractivity contribution in [1.82, 2.24) is 19.3 Å². The summed E-state index contributed by atoms with van der Waals surface area (Å²) in [5, 5.41) is 6.26. The zero-order chi connectivity index (χ0) is 33.7. The number of carbonyl (C=O) groups excluding carboxylic acids is 1. The molecule has 2 aromatic heterocycles. The highest BCUT2D eigenvalue weighted by Crippen LogP contribution is 2.40. The van der Waals surface area contributed by atoms with Gasteiger partial charge in [-0.15, -0.1) is 0 Å². The topological polar surface area (TPSA) is 83.6 Å². The molecule has 2 unspecified atom stereocenters. The van der Waals surface area contributed by atoms with E-state index in [-0.39, 0.29) is 17.7 Å². The Morgan fingerprint density at radius 3 is 2.64 bits per heavy atom. The Hall–Kier alpha value is -2.96. The van der Waals surface area contributed by atoms with Crippen molar-refractivity contribution >= 4 is 54.1 Å². The zero-order valence-corrected chi connectivity index (χ0v) is 30.3. The molecule has 4 heterocycles. The number of halogens is 3. The molecule has 2 aliphatic rings. The predicted octanol–water partition coefficient (Wildman–Crippen LogP) is 7.67. The van der Waals surface area contributed by atoms with E-state index in [0.29, 0.717) is 64.1 Å². The highest BCUT2D eigenvalue weighted by molar-refractivity contribution is 6.74. The normalized spacial score (nSPS) is 17.7. The first-order chi connectivity index (χ1) is 22.3. The van der Waals surface area contributed by atoms with Crippen molar-refractivity contribution in [3.63, 3.8) is 0 Å². The van der Waals surface area contributed by atoms with Crippen molar-refractivity contribution in [2.24, 2.45) is 0 Å². The first kappa shape index (κ1) is 33.9. The van der Waals surface area contributed by atoms with Crippen molar-refractivity contribution in [2.75, 3.05) is 37.8 Å². The van der Waals surface area contributed by atoms with Crippen LogP contribution in [-0.2, 0) is 31.7 Å². The number of ether oxygens (including phenoxy) is 2. The third-order valence-corrected chi connectivity index (χ3v) is 14.9. The predicted molar refractivity (Wildman–Crippen MR) is 186 cm³/mol. The van der Waals surface area contributed by atoms with E-state index in [0.717, 1.165) is 30.8 Å². The molecule has 0 spiro atoms. The average Bonchev–Trinajstić information content (AvgIpc) is 3.76. The quantitative estimate of drug-likeness (QED) is 0.131. The molecular formula is C34H42Cl2FN5O4Si. The van der Waals surface area contributed by atoms with Gasteiger partial charge in [-0.25, -0.2) is 9.78 Å². The van der Waals surface area contributed by atoms with Crippen LogP contribution in [0.3, 0.4) is 0 Å². The van der Waals surface area contributed by atoms with E-state index in [1.165, 1.54) is 9.25 Å². The molecule has 2 aromatic carbocycles. The Labute approximate surface area is 286 Å². The fourth-order valence-corrected chi connectivity index (χ4v) is 7.63. The highest BCUT2D eigenvalue weighted by Gasteiger charge is 2.38. The summed E-state index contributed by atoms with van der Waals surface area (Å²) in [5.74, 6) is -0.576. The molecule has 1 fully saturated rings. The minimum atomic E-state index is -1.87. The summed E-state index contributed by atoms with van der Waals surface area (Å²) in [6.45, 7) is 16.4. The molecule has 9 nitrogen and oxygen atoms in total. The van der Waals surface area contributed by atoms with E-state index in [9.17, 15) is 9.18 Å². The van der Waals surface area contributed by atoms with Gasteiger partial charge in [-0.3, -0.25) is 4.68 Å². The third kappa shape index (κ3) is 6.57. The van der Waals surface area contributed by atoms with Gasteiger partial charge < -0.3 is 23.4 Å². The van der Waals surface area contributed by atoms with Crippen LogP contribution in [0.15, 0.2) is 36.5 Å². The van der Waals surface area contributed by atoms with Gasteiger partial charge in [0.2, 0.25) is 0 Å². The minimum Gasteiger partial charge on any atom is -0.464 e. The fourth-order valence-electron chi connectivity index (χ4n) is 6.04. The van der Waals surface area contributed by atoms with Crippen LogP contribution in [0.5, 0.6) is 0 Å². The van der Waals surface area contributed by atoms with Crippen molar-refractivity contribution in [3.05, 3.63) is 64.0 Å². The molecule has 13 heteroatoms. The lowest BCUT2D eigenvalue weighted by Gasteiger charge is -2.39. The first-order valence-electron chi connectivity index (χ1n) is 16.2. The maximum Gasteiger partial charge on any atom is 0.337 e. The molecule has 0 saturated carbocycles. The van der Waals surface area contributed by atoms with Gasteiger partial charge in [0.05, 0.1) is 36.0 Å². The standard InChI is InChI=1S/C34H42Cl2FN5O4Si/c1-7-44-32(43)31(30-27-9-8-14-41(27)33(37)38-30)42-19-25-26(35)17-24(28(36)29(25)39-42)21-10-12-22(13-11-21)40-15-16-45-23(18-40)20-46-47(5,6)34(2,3)4/h10-13,17,19,23,31H,7-9,14-16,18,20H2,1-6H3. The number of esters is 1. The Kier molecular flexibility index (Phi) is 9.49. The van der Waals surface area contributed by atoms with Crippen LogP contribution in [0.1, 0.15) is 51.5 Å². The summed E-state index contributed by atoms with van der Waals surface area (Å²) in [6.07, 6.45) is 2.42. The molecule has 47 heavy (non-hydrogen) atoms. The van der Waals surface area contributed by atoms with Crippen LogP contribution < -0.4 is 4.90 Å². The maximum atomic E-state index is 14.7. The van der Waals surface area contributed by atoms with E-state index in [1.807, 2.05) is 18.2 Å². The lowest BCUT2D eigenvalue weighted by atomic mass is 10.0. The van der Waals surface area contributed by atoms with Gasteiger partial charge in [0.1, 0.15) is 11.2 Å². The highest BCUT2D eigenvalue weighted by atomic mass is 35.5. The number of rotatable bonds is 9. The number of morpholine rings is 1. The Bertz CT molecular complexity index is 1790. The number of imidazole rings is 1. The number of nitrogens with zero attached hydrogens (tertiary/aromatic N) is 5. The lowest BCUT2D eigenvalue weighted by Crippen LogP contribution is -2.48. The van der Waals surface area contributed by atoms with Crippen LogP contribution in [0, 0.1) is 6.08 Å². The molecule has 252 valence electrons. The van der Waals surface area contributed by atoms with Crippen LogP contribution in [0.2, 0.25) is 28.2 Å². The Balaban J connectivity index is 1.26. The van der Waals surface area contributed by atoms with E-state index in [1.54, 1.807) is 13.1 Å². The molecule has 0 N–H and O–H groups in total. The molecule has 0 aliphatic carbocycles. The molecule has 2 aliphatic heterocycles. The molecule has 0 bridgehead atoms. The maximum absolute atomic E-state index is 14.7. The molecule has 2 atom stereocenters. The molecule has 1 saturated heterocycles. The van der Waals surface area contributed by atoms with Gasteiger partial charge in [-0.1, -0.05) is 56.1 Å². The number of hydrogen-bond acceptors (Lipinski definition) is 7. The van der Waals surface area contributed by atoms with Gasteiger partial charge in [0, 0.05) is 48.2 Å². The van der Waals surface area contributed by atoms with Crippen molar-refractivity contribution < 1.29 is 23.1 Å². The van der Waals surface area contributed by atoms with Gasteiger partial charge in [-0.05, 0) is 61.7 Å². The summed E-state index contributed by atoms with van der Waals surface area (Å²) in [5.41, 5.74) is 4.07. The van der Waals surface area contributed by atoms with Crippen molar-refractivity contribution in [2.45, 2.75) is 77.4 Å².